The van der Waals surface area contributed by atoms with E-state index in [2.05, 4.69) is 0 Å². The van der Waals surface area contributed by atoms with Crippen LogP contribution >= 0.6 is 0 Å². The molecule has 31 heavy (non-hydrogen) atoms. The maximum Gasteiger partial charge on any atom is 0.184 e. The quantitative estimate of drug-likeness (QED) is 0.284. The van der Waals surface area contributed by atoms with E-state index in [0.29, 0.717) is 12.3 Å². The molecule has 0 saturated carbocycles. The molecule has 0 spiro atoms. The van der Waals surface area contributed by atoms with Gasteiger partial charge in [0.2, 0.25) is 0 Å². The van der Waals surface area contributed by atoms with Crippen LogP contribution in [-0.2, 0) is 9.59 Å². The van der Waals surface area contributed by atoms with E-state index >= 15 is 0 Å². The van der Waals surface area contributed by atoms with Crippen LogP contribution in [0.5, 0.6) is 0 Å². The first kappa shape index (κ1) is 26.7. The van der Waals surface area contributed by atoms with Crippen LogP contribution < -0.4 is 0 Å². The van der Waals surface area contributed by atoms with Gasteiger partial charge in [0.1, 0.15) is 17.1 Å². The van der Waals surface area contributed by atoms with Gasteiger partial charge in [0, 0.05) is 12.0 Å². The molecule has 4 nitrogen and oxygen atoms in total. The minimum atomic E-state index is -1.28. The molecule has 0 saturated heterocycles. The van der Waals surface area contributed by atoms with E-state index in [1.165, 1.54) is 0 Å². The minimum absolute atomic E-state index is 0.122. The number of allylic oxidation sites excluding steroid dienone is 9. The molecular formula is C27H40O4. The van der Waals surface area contributed by atoms with Gasteiger partial charge in [-0.25, -0.2) is 0 Å². The normalized spacial score (nSPS) is 15.8. The summed E-state index contributed by atoms with van der Waals surface area (Å²) >= 11 is 0. The maximum absolute atomic E-state index is 13.8. The Morgan fingerprint density at radius 3 is 1.81 bits per heavy atom. The highest BCUT2D eigenvalue weighted by Gasteiger charge is 2.49. The molecule has 0 fully saturated rings. The molecule has 172 valence electrons. The van der Waals surface area contributed by atoms with E-state index in [0.717, 1.165) is 16.7 Å². The SMILES string of the molecule is CC(C)=CCC1=C(O)C(CC=C(C)C)(CC=C(C)C)C(=O)C(C(=O)CCC(C)C)=C1O. The maximum atomic E-state index is 13.8. The molecular weight excluding hydrogens is 388 g/mol. The van der Waals surface area contributed by atoms with E-state index in [9.17, 15) is 19.8 Å². The summed E-state index contributed by atoms with van der Waals surface area (Å²) in [5.41, 5.74) is 1.91. The van der Waals surface area contributed by atoms with Crippen LogP contribution in [0.25, 0.3) is 0 Å². The highest BCUT2D eigenvalue weighted by atomic mass is 16.3. The Kier molecular flexibility index (Phi) is 9.73. The molecule has 0 radical (unpaired) electrons. The second-order valence-corrected chi connectivity index (χ2v) is 9.77. The summed E-state index contributed by atoms with van der Waals surface area (Å²) in [4.78, 5) is 26.8. The number of hydrogen-bond donors (Lipinski definition) is 2. The number of ketones is 2. The number of rotatable bonds is 10. The number of aliphatic hydroxyl groups excluding tert-OH is 2. The Hall–Kier alpha value is -2.36. The van der Waals surface area contributed by atoms with Crippen molar-refractivity contribution in [2.24, 2.45) is 11.3 Å². The first-order valence-corrected chi connectivity index (χ1v) is 11.2. The molecule has 0 unspecified atom stereocenters. The van der Waals surface area contributed by atoms with E-state index in [-0.39, 0.29) is 54.1 Å². The number of carbonyl (C=O) groups excluding carboxylic acids is 2. The first-order valence-electron chi connectivity index (χ1n) is 11.2. The molecule has 0 aliphatic heterocycles. The predicted molar refractivity (Wildman–Crippen MR) is 128 cm³/mol. The van der Waals surface area contributed by atoms with Crippen molar-refractivity contribution < 1.29 is 19.8 Å². The van der Waals surface area contributed by atoms with Gasteiger partial charge >= 0.3 is 0 Å². The fourth-order valence-corrected chi connectivity index (χ4v) is 3.53. The lowest BCUT2D eigenvalue weighted by Gasteiger charge is -2.36. The van der Waals surface area contributed by atoms with Gasteiger partial charge in [-0.05, 0) is 73.1 Å². The summed E-state index contributed by atoms with van der Waals surface area (Å²) < 4.78 is 0. The lowest BCUT2D eigenvalue weighted by Crippen LogP contribution is -2.40. The molecule has 0 aromatic carbocycles. The standard InChI is InChI=1S/C27H40O4/c1-17(2)9-11-21-24(29)23(22(28)12-10-18(3)4)26(31)27(25(21)30,15-13-19(5)6)16-14-20(7)8/h9,13-14,18,29-30H,10-12,15-16H2,1-8H3. The Balaban J connectivity index is 3.76. The number of aliphatic hydroxyl groups is 2. The van der Waals surface area contributed by atoms with Crippen molar-refractivity contribution in [1.29, 1.82) is 0 Å². The highest BCUT2D eigenvalue weighted by molar-refractivity contribution is 6.24. The third-order valence-electron chi connectivity index (χ3n) is 5.58. The molecule has 1 aliphatic carbocycles. The van der Waals surface area contributed by atoms with Gasteiger partial charge in [-0.2, -0.15) is 0 Å². The average molecular weight is 429 g/mol. The molecule has 1 aliphatic rings. The van der Waals surface area contributed by atoms with Gasteiger partial charge in [-0.15, -0.1) is 0 Å². The first-order chi connectivity index (χ1) is 14.3. The van der Waals surface area contributed by atoms with Crippen molar-refractivity contribution in [2.75, 3.05) is 0 Å². The molecule has 0 bridgehead atoms. The van der Waals surface area contributed by atoms with E-state index in [1.807, 2.05) is 73.6 Å². The number of carbonyl (C=O) groups is 2. The van der Waals surface area contributed by atoms with Crippen LogP contribution in [0.3, 0.4) is 0 Å². The van der Waals surface area contributed by atoms with Crippen molar-refractivity contribution in [1.82, 2.24) is 0 Å². The Morgan fingerprint density at radius 2 is 1.39 bits per heavy atom. The zero-order valence-electron chi connectivity index (χ0n) is 20.6. The van der Waals surface area contributed by atoms with Crippen molar-refractivity contribution in [3.8, 4) is 0 Å². The van der Waals surface area contributed by atoms with Crippen molar-refractivity contribution in [3.63, 3.8) is 0 Å². The van der Waals surface area contributed by atoms with Gasteiger partial charge in [-0.1, -0.05) is 48.8 Å². The van der Waals surface area contributed by atoms with E-state index in [4.69, 9.17) is 0 Å². The van der Waals surface area contributed by atoms with E-state index in [1.54, 1.807) is 0 Å². The summed E-state index contributed by atoms with van der Waals surface area (Å²) in [5, 5.41) is 22.3. The molecule has 0 heterocycles. The summed E-state index contributed by atoms with van der Waals surface area (Å²) in [7, 11) is 0. The molecule has 0 atom stereocenters. The largest absolute Gasteiger partial charge is 0.511 e. The van der Waals surface area contributed by atoms with Crippen LogP contribution in [0, 0.1) is 11.3 Å². The van der Waals surface area contributed by atoms with Crippen molar-refractivity contribution in [2.45, 2.75) is 87.5 Å². The molecule has 2 N–H and O–H groups in total. The lowest BCUT2D eigenvalue weighted by molar-refractivity contribution is -0.128. The van der Waals surface area contributed by atoms with Crippen molar-refractivity contribution in [3.05, 3.63) is 57.6 Å². The van der Waals surface area contributed by atoms with Crippen LogP contribution in [0.1, 0.15) is 87.5 Å². The summed E-state index contributed by atoms with van der Waals surface area (Å²) in [6.45, 7) is 15.7. The van der Waals surface area contributed by atoms with Crippen LogP contribution in [0.15, 0.2) is 57.6 Å². The van der Waals surface area contributed by atoms with Gasteiger partial charge < -0.3 is 10.2 Å². The molecule has 4 heteroatoms. The number of hydrogen-bond acceptors (Lipinski definition) is 4. The fraction of sp³-hybridized carbons (Fsp3) is 0.556. The third-order valence-corrected chi connectivity index (χ3v) is 5.58. The molecule has 0 aromatic rings. The van der Waals surface area contributed by atoms with Crippen LogP contribution in [0.4, 0.5) is 0 Å². The highest BCUT2D eigenvalue weighted by Crippen LogP contribution is 2.47. The summed E-state index contributed by atoms with van der Waals surface area (Å²) in [6, 6.07) is 0. The second kappa shape index (κ2) is 11.3. The topological polar surface area (TPSA) is 74.6 Å². The zero-order chi connectivity index (χ0) is 23.9. The Morgan fingerprint density at radius 1 is 0.903 bits per heavy atom. The van der Waals surface area contributed by atoms with Gasteiger partial charge in [0.05, 0.1) is 5.41 Å². The molecule has 1 rings (SSSR count). The van der Waals surface area contributed by atoms with Crippen LogP contribution in [0.2, 0.25) is 0 Å². The summed E-state index contributed by atoms with van der Waals surface area (Å²) in [5.74, 6) is -1.01. The number of Topliss-reactive ketones (excluding diaryl/α,β-unsaturated/α-hetero) is 2. The Labute approximate surface area is 188 Å². The molecule has 0 aromatic heterocycles. The van der Waals surface area contributed by atoms with Gasteiger partial charge in [0.25, 0.3) is 0 Å². The minimum Gasteiger partial charge on any atom is -0.511 e. The van der Waals surface area contributed by atoms with Crippen molar-refractivity contribution >= 4 is 11.6 Å². The average Bonchev–Trinajstić information content (AvgIpc) is 2.65. The Bertz CT molecular complexity index is 828. The fourth-order valence-electron chi connectivity index (χ4n) is 3.53. The van der Waals surface area contributed by atoms with Gasteiger partial charge in [-0.3, -0.25) is 9.59 Å². The third kappa shape index (κ3) is 6.81. The second-order valence-electron chi connectivity index (χ2n) is 9.77. The zero-order valence-corrected chi connectivity index (χ0v) is 20.6. The molecule has 0 amide bonds. The monoisotopic (exact) mass is 428 g/mol. The van der Waals surface area contributed by atoms with Gasteiger partial charge in [0.15, 0.2) is 11.6 Å². The van der Waals surface area contributed by atoms with Crippen LogP contribution in [-0.4, -0.2) is 21.8 Å². The smallest absolute Gasteiger partial charge is 0.184 e. The van der Waals surface area contributed by atoms with E-state index < -0.39 is 11.2 Å². The lowest BCUT2D eigenvalue weighted by atomic mass is 9.66. The predicted octanol–water partition coefficient (Wildman–Crippen LogP) is 7.25. The summed E-state index contributed by atoms with van der Waals surface area (Å²) in [6.07, 6.45) is 7.37.